The number of carboxylic acid groups (broad SMARTS) is 1. The molecule has 1 aromatic rings. The summed E-state index contributed by atoms with van der Waals surface area (Å²) in [7, 11) is 0. The predicted octanol–water partition coefficient (Wildman–Crippen LogP) is 2.81. The van der Waals surface area contributed by atoms with Crippen LogP contribution in [0.3, 0.4) is 0 Å². The lowest BCUT2D eigenvalue weighted by atomic mass is 9.92. The fourth-order valence-electron chi connectivity index (χ4n) is 0.940. The highest BCUT2D eigenvalue weighted by molar-refractivity contribution is 5.77. The third-order valence-electron chi connectivity index (χ3n) is 2.04. The minimum Gasteiger partial charge on any atom is -0.481 e. The zero-order valence-corrected chi connectivity index (χ0v) is 8.40. The molecule has 1 aromatic carbocycles. The Morgan fingerprint density at radius 2 is 1.86 bits per heavy atom. The van der Waals surface area contributed by atoms with Crippen molar-refractivity contribution >= 4 is 12.0 Å². The van der Waals surface area contributed by atoms with Crippen LogP contribution in [0.15, 0.2) is 36.4 Å². The van der Waals surface area contributed by atoms with Gasteiger partial charge in [-0.05, 0) is 19.4 Å². The largest absolute Gasteiger partial charge is 0.481 e. The third-order valence-corrected chi connectivity index (χ3v) is 2.04. The second kappa shape index (κ2) is 4.09. The van der Waals surface area contributed by atoms with Gasteiger partial charge in [0.25, 0.3) is 0 Å². The fourth-order valence-corrected chi connectivity index (χ4v) is 0.940. The zero-order chi connectivity index (χ0) is 10.6. The van der Waals surface area contributed by atoms with Crippen molar-refractivity contribution in [2.24, 2.45) is 5.41 Å². The summed E-state index contributed by atoms with van der Waals surface area (Å²) in [4.78, 5) is 10.8. The van der Waals surface area contributed by atoms with Crippen molar-refractivity contribution in [3.8, 4) is 0 Å². The minimum absolute atomic E-state index is 0.810. The van der Waals surface area contributed by atoms with Gasteiger partial charge in [0.15, 0.2) is 0 Å². The van der Waals surface area contributed by atoms with Gasteiger partial charge in [-0.25, -0.2) is 0 Å². The summed E-state index contributed by atoms with van der Waals surface area (Å²) in [6, 6.07) is 9.66. The van der Waals surface area contributed by atoms with Crippen molar-refractivity contribution < 1.29 is 9.90 Å². The lowest BCUT2D eigenvalue weighted by molar-refractivity contribution is -0.144. The Balaban J connectivity index is 2.79. The molecule has 0 unspecified atom stereocenters. The maximum absolute atomic E-state index is 10.8. The molecule has 0 aliphatic carbocycles. The molecule has 2 nitrogen and oxygen atoms in total. The van der Waals surface area contributed by atoms with Crippen molar-refractivity contribution in [3.05, 3.63) is 42.0 Å². The van der Waals surface area contributed by atoms with Gasteiger partial charge in [0.05, 0.1) is 5.41 Å². The van der Waals surface area contributed by atoms with Crippen LogP contribution in [0.2, 0.25) is 0 Å². The lowest BCUT2D eigenvalue weighted by Crippen LogP contribution is -2.20. The lowest BCUT2D eigenvalue weighted by Gasteiger charge is -2.12. The van der Waals surface area contributed by atoms with E-state index in [4.69, 9.17) is 5.11 Å². The molecular formula is C12H14O2. The molecular weight excluding hydrogens is 176 g/mol. The molecule has 1 rings (SSSR count). The standard InChI is InChI=1S/C12H14O2/c1-12(2,11(13)14)9-8-10-6-4-3-5-7-10/h3-9H,1-2H3,(H,13,14). The van der Waals surface area contributed by atoms with E-state index in [0.717, 1.165) is 5.56 Å². The smallest absolute Gasteiger partial charge is 0.312 e. The molecule has 74 valence electrons. The van der Waals surface area contributed by atoms with Crippen LogP contribution >= 0.6 is 0 Å². The minimum atomic E-state index is -0.815. The Morgan fingerprint density at radius 1 is 1.29 bits per heavy atom. The SMILES string of the molecule is CC(C)(C=Cc1ccccc1)C(=O)O. The van der Waals surface area contributed by atoms with Gasteiger partial charge < -0.3 is 5.11 Å². The summed E-state index contributed by atoms with van der Waals surface area (Å²) in [5.41, 5.74) is 0.206. The van der Waals surface area contributed by atoms with Gasteiger partial charge in [0.1, 0.15) is 0 Å². The molecule has 0 heterocycles. The number of carboxylic acids is 1. The molecule has 0 aliphatic rings. The summed E-state index contributed by atoms with van der Waals surface area (Å²) in [6.07, 6.45) is 3.53. The highest BCUT2D eigenvalue weighted by Crippen LogP contribution is 2.18. The van der Waals surface area contributed by atoms with Crippen LogP contribution in [0, 0.1) is 5.41 Å². The molecule has 0 bridgehead atoms. The summed E-state index contributed by atoms with van der Waals surface area (Å²) < 4.78 is 0. The van der Waals surface area contributed by atoms with E-state index in [1.807, 2.05) is 36.4 Å². The zero-order valence-electron chi connectivity index (χ0n) is 8.40. The number of benzene rings is 1. The van der Waals surface area contributed by atoms with Crippen molar-refractivity contribution in [1.29, 1.82) is 0 Å². The van der Waals surface area contributed by atoms with E-state index >= 15 is 0 Å². The summed E-state index contributed by atoms with van der Waals surface area (Å²) >= 11 is 0. The molecule has 0 saturated heterocycles. The molecule has 0 fully saturated rings. The van der Waals surface area contributed by atoms with Gasteiger partial charge in [0, 0.05) is 0 Å². The Hall–Kier alpha value is -1.57. The van der Waals surface area contributed by atoms with Crippen molar-refractivity contribution in [3.63, 3.8) is 0 Å². The van der Waals surface area contributed by atoms with E-state index in [2.05, 4.69) is 0 Å². The number of hydrogen-bond acceptors (Lipinski definition) is 1. The van der Waals surface area contributed by atoms with E-state index in [-0.39, 0.29) is 0 Å². The van der Waals surface area contributed by atoms with E-state index in [0.29, 0.717) is 0 Å². The van der Waals surface area contributed by atoms with E-state index in [9.17, 15) is 4.79 Å². The van der Waals surface area contributed by atoms with Crippen LogP contribution in [-0.4, -0.2) is 11.1 Å². The topological polar surface area (TPSA) is 37.3 Å². The molecule has 14 heavy (non-hydrogen) atoms. The van der Waals surface area contributed by atoms with Crippen molar-refractivity contribution in [1.82, 2.24) is 0 Å². The van der Waals surface area contributed by atoms with Gasteiger partial charge >= 0.3 is 5.97 Å². The van der Waals surface area contributed by atoms with Gasteiger partial charge in [-0.1, -0.05) is 42.5 Å². The Bertz CT molecular complexity index is 337. The van der Waals surface area contributed by atoms with E-state index < -0.39 is 11.4 Å². The molecule has 2 heteroatoms. The van der Waals surface area contributed by atoms with Crippen LogP contribution in [0.1, 0.15) is 19.4 Å². The van der Waals surface area contributed by atoms with Gasteiger partial charge in [-0.2, -0.15) is 0 Å². The van der Waals surface area contributed by atoms with Crippen molar-refractivity contribution in [2.75, 3.05) is 0 Å². The molecule has 0 atom stereocenters. The van der Waals surface area contributed by atoms with E-state index in [1.165, 1.54) is 0 Å². The van der Waals surface area contributed by atoms with Crippen LogP contribution < -0.4 is 0 Å². The average molecular weight is 190 g/mol. The number of aliphatic carboxylic acids is 1. The van der Waals surface area contributed by atoms with Crippen LogP contribution in [0.4, 0.5) is 0 Å². The second-order valence-corrected chi connectivity index (χ2v) is 3.77. The van der Waals surface area contributed by atoms with Gasteiger partial charge in [-0.3, -0.25) is 4.79 Å². The number of carbonyl (C=O) groups is 1. The molecule has 0 aromatic heterocycles. The quantitative estimate of drug-likeness (QED) is 0.795. The van der Waals surface area contributed by atoms with Gasteiger partial charge in [-0.15, -0.1) is 0 Å². The Labute approximate surface area is 83.9 Å². The third kappa shape index (κ3) is 2.73. The van der Waals surface area contributed by atoms with Crippen LogP contribution in [-0.2, 0) is 4.79 Å². The molecule has 0 radical (unpaired) electrons. The first-order valence-electron chi connectivity index (χ1n) is 4.50. The highest BCUT2D eigenvalue weighted by atomic mass is 16.4. The molecule has 1 N–H and O–H groups in total. The summed E-state index contributed by atoms with van der Waals surface area (Å²) in [5.74, 6) is -0.815. The summed E-state index contributed by atoms with van der Waals surface area (Å²) in [5, 5.41) is 8.87. The molecule has 0 amide bonds. The number of rotatable bonds is 3. The van der Waals surface area contributed by atoms with Gasteiger partial charge in [0.2, 0.25) is 0 Å². The maximum atomic E-state index is 10.8. The Kier molecular flexibility index (Phi) is 3.07. The second-order valence-electron chi connectivity index (χ2n) is 3.77. The summed E-state index contributed by atoms with van der Waals surface area (Å²) in [6.45, 7) is 3.35. The number of hydrogen-bond donors (Lipinski definition) is 1. The fraction of sp³-hybridized carbons (Fsp3) is 0.250. The maximum Gasteiger partial charge on any atom is 0.312 e. The Morgan fingerprint density at radius 3 is 2.36 bits per heavy atom. The molecule has 0 saturated carbocycles. The van der Waals surface area contributed by atoms with Crippen LogP contribution in [0.5, 0.6) is 0 Å². The normalized spacial score (nSPS) is 11.9. The van der Waals surface area contributed by atoms with Crippen LogP contribution in [0.25, 0.3) is 6.08 Å². The van der Waals surface area contributed by atoms with Crippen molar-refractivity contribution in [2.45, 2.75) is 13.8 Å². The molecule has 0 spiro atoms. The average Bonchev–Trinajstić information content (AvgIpc) is 2.16. The first-order valence-corrected chi connectivity index (χ1v) is 4.50. The molecule has 0 aliphatic heterocycles. The monoisotopic (exact) mass is 190 g/mol. The first-order chi connectivity index (χ1) is 6.52. The predicted molar refractivity (Wildman–Crippen MR) is 56.9 cm³/mol. The first kappa shape index (κ1) is 10.5. The highest BCUT2D eigenvalue weighted by Gasteiger charge is 2.22. The van der Waals surface area contributed by atoms with E-state index in [1.54, 1.807) is 19.9 Å².